The van der Waals surface area contributed by atoms with Crippen molar-refractivity contribution in [1.29, 1.82) is 0 Å². The number of nitrogens with one attached hydrogen (secondary N) is 1. The Morgan fingerprint density at radius 3 is 2.56 bits per heavy atom. The van der Waals surface area contributed by atoms with Crippen LogP contribution in [-0.2, 0) is 22.7 Å². The molecule has 0 saturated carbocycles. The quantitative estimate of drug-likeness (QED) is 0.816. The first-order chi connectivity index (χ1) is 13.1. The summed E-state index contributed by atoms with van der Waals surface area (Å²) in [4.78, 5) is 26.6. The second-order valence-corrected chi connectivity index (χ2v) is 6.44. The van der Waals surface area contributed by atoms with Crippen molar-refractivity contribution in [1.82, 2.24) is 10.2 Å². The molecule has 0 saturated heterocycles. The number of ether oxygens (including phenoxy) is 2. The number of rotatable bonds is 7. The molecule has 142 valence electrons. The Bertz CT molecular complexity index is 807. The number of carbonyl (C=O) groups excluding carboxylic acids is 2. The molecule has 1 heterocycles. The molecule has 0 bridgehead atoms. The van der Waals surface area contributed by atoms with E-state index < -0.39 is 6.04 Å². The zero-order valence-corrected chi connectivity index (χ0v) is 15.6. The molecule has 0 spiro atoms. The third kappa shape index (κ3) is 4.58. The summed E-state index contributed by atoms with van der Waals surface area (Å²) >= 11 is 0. The zero-order valence-electron chi connectivity index (χ0n) is 15.6. The van der Waals surface area contributed by atoms with Gasteiger partial charge in [0.2, 0.25) is 18.6 Å². The van der Waals surface area contributed by atoms with Gasteiger partial charge in [-0.1, -0.05) is 43.3 Å². The van der Waals surface area contributed by atoms with E-state index in [1.807, 2.05) is 48.5 Å². The molecule has 0 fully saturated rings. The van der Waals surface area contributed by atoms with Crippen LogP contribution in [0.2, 0.25) is 0 Å². The summed E-state index contributed by atoms with van der Waals surface area (Å²) in [5.74, 6) is 1.15. The highest BCUT2D eigenvalue weighted by Crippen LogP contribution is 2.32. The molecule has 1 aliphatic rings. The van der Waals surface area contributed by atoms with Crippen LogP contribution in [0.15, 0.2) is 48.5 Å². The second-order valence-electron chi connectivity index (χ2n) is 6.44. The minimum absolute atomic E-state index is 0.0513. The topological polar surface area (TPSA) is 67.9 Å². The first-order valence-corrected chi connectivity index (χ1v) is 9.08. The highest BCUT2D eigenvalue weighted by Gasteiger charge is 2.25. The minimum atomic E-state index is -0.563. The van der Waals surface area contributed by atoms with Gasteiger partial charge in [0.1, 0.15) is 6.04 Å². The summed E-state index contributed by atoms with van der Waals surface area (Å²) in [5.41, 5.74) is 1.91. The summed E-state index contributed by atoms with van der Waals surface area (Å²) in [6, 6.07) is 14.7. The molecule has 0 aliphatic carbocycles. The molecule has 0 radical (unpaired) electrons. The van der Waals surface area contributed by atoms with Crippen molar-refractivity contribution in [2.75, 3.05) is 6.79 Å². The van der Waals surface area contributed by atoms with Crippen LogP contribution in [0.3, 0.4) is 0 Å². The molecule has 2 aromatic rings. The van der Waals surface area contributed by atoms with Crippen LogP contribution in [0.4, 0.5) is 0 Å². The molecule has 1 N–H and O–H groups in total. The molecular weight excluding hydrogens is 344 g/mol. The third-order valence-electron chi connectivity index (χ3n) is 4.57. The zero-order chi connectivity index (χ0) is 19.2. The lowest BCUT2D eigenvalue weighted by molar-refractivity contribution is -0.140. The van der Waals surface area contributed by atoms with Gasteiger partial charge in [-0.3, -0.25) is 9.59 Å². The van der Waals surface area contributed by atoms with E-state index in [0.717, 1.165) is 11.1 Å². The van der Waals surface area contributed by atoms with E-state index in [0.29, 0.717) is 31.0 Å². The number of carbonyl (C=O) groups is 2. The number of nitrogens with zero attached hydrogens (tertiary/aromatic N) is 1. The van der Waals surface area contributed by atoms with Crippen LogP contribution in [-0.4, -0.2) is 29.5 Å². The van der Waals surface area contributed by atoms with Crippen molar-refractivity contribution in [3.63, 3.8) is 0 Å². The van der Waals surface area contributed by atoms with Crippen molar-refractivity contribution in [2.45, 2.75) is 39.4 Å². The Balaban J connectivity index is 1.63. The lowest BCUT2D eigenvalue weighted by Crippen LogP contribution is -2.47. The normalized spacial score (nSPS) is 13.1. The first kappa shape index (κ1) is 18.8. The highest BCUT2D eigenvalue weighted by atomic mass is 16.7. The van der Waals surface area contributed by atoms with E-state index >= 15 is 0 Å². The first-order valence-electron chi connectivity index (χ1n) is 9.08. The molecule has 1 atom stereocenters. The summed E-state index contributed by atoms with van der Waals surface area (Å²) < 4.78 is 10.6. The van der Waals surface area contributed by atoms with E-state index in [9.17, 15) is 9.59 Å². The molecule has 6 nitrogen and oxygen atoms in total. The van der Waals surface area contributed by atoms with E-state index in [1.165, 1.54) is 0 Å². The van der Waals surface area contributed by atoms with Crippen LogP contribution in [0, 0.1) is 0 Å². The van der Waals surface area contributed by atoms with Crippen LogP contribution < -0.4 is 14.8 Å². The number of hydrogen-bond donors (Lipinski definition) is 1. The molecule has 27 heavy (non-hydrogen) atoms. The fraction of sp³-hybridized carbons (Fsp3) is 0.333. The van der Waals surface area contributed by atoms with Crippen LogP contribution in [0.25, 0.3) is 0 Å². The van der Waals surface area contributed by atoms with Crippen LogP contribution in [0.1, 0.15) is 31.4 Å². The lowest BCUT2D eigenvalue weighted by Gasteiger charge is -2.28. The maximum atomic E-state index is 12.6. The van der Waals surface area contributed by atoms with Gasteiger partial charge in [-0.25, -0.2) is 0 Å². The standard InChI is InChI=1S/C21H24N2O4/c1-3-20(24)23(13-16-7-5-4-6-8-16)15(2)21(25)22-12-17-9-10-18-19(11-17)27-14-26-18/h4-11,15H,3,12-14H2,1-2H3,(H,22,25). The molecule has 2 amide bonds. The van der Waals surface area contributed by atoms with Gasteiger partial charge in [0.05, 0.1) is 0 Å². The third-order valence-corrected chi connectivity index (χ3v) is 4.57. The van der Waals surface area contributed by atoms with E-state index in [2.05, 4.69) is 5.32 Å². The average molecular weight is 368 g/mol. The highest BCUT2D eigenvalue weighted by molar-refractivity contribution is 5.87. The van der Waals surface area contributed by atoms with E-state index in [1.54, 1.807) is 18.7 Å². The molecule has 1 unspecified atom stereocenters. The van der Waals surface area contributed by atoms with Gasteiger partial charge >= 0.3 is 0 Å². The Hall–Kier alpha value is -3.02. The fourth-order valence-corrected chi connectivity index (χ4v) is 2.95. The van der Waals surface area contributed by atoms with Crippen LogP contribution >= 0.6 is 0 Å². The maximum Gasteiger partial charge on any atom is 0.242 e. The van der Waals surface area contributed by atoms with Gasteiger partial charge in [-0.05, 0) is 30.2 Å². The summed E-state index contributed by atoms with van der Waals surface area (Å²) in [7, 11) is 0. The molecule has 1 aliphatic heterocycles. The van der Waals surface area contributed by atoms with Gasteiger partial charge < -0.3 is 19.7 Å². The molecule has 0 aromatic heterocycles. The smallest absolute Gasteiger partial charge is 0.242 e. The van der Waals surface area contributed by atoms with Crippen molar-refractivity contribution in [3.8, 4) is 11.5 Å². The summed E-state index contributed by atoms with van der Waals surface area (Å²) in [6.07, 6.45) is 0.354. The van der Waals surface area contributed by atoms with Gasteiger partial charge in [-0.15, -0.1) is 0 Å². The Labute approximate surface area is 159 Å². The van der Waals surface area contributed by atoms with Crippen molar-refractivity contribution in [2.24, 2.45) is 0 Å². The molecule has 6 heteroatoms. The lowest BCUT2D eigenvalue weighted by atomic mass is 10.1. The Morgan fingerprint density at radius 1 is 1.07 bits per heavy atom. The van der Waals surface area contributed by atoms with Crippen molar-refractivity contribution in [3.05, 3.63) is 59.7 Å². The molecular formula is C21H24N2O4. The Morgan fingerprint density at radius 2 is 1.81 bits per heavy atom. The maximum absolute atomic E-state index is 12.6. The predicted molar refractivity (Wildman–Crippen MR) is 101 cm³/mol. The average Bonchev–Trinajstić information content (AvgIpc) is 3.17. The largest absolute Gasteiger partial charge is 0.454 e. The van der Waals surface area contributed by atoms with Gasteiger partial charge in [0, 0.05) is 19.5 Å². The Kier molecular flexibility index (Phi) is 5.96. The van der Waals surface area contributed by atoms with Gasteiger partial charge in [0.15, 0.2) is 11.5 Å². The number of hydrogen-bond acceptors (Lipinski definition) is 4. The monoisotopic (exact) mass is 368 g/mol. The SMILES string of the molecule is CCC(=O)N(Cc1ccccc1)C(C)C(=O)NCc1ccc2c(c1)OCO2. The van der Waals surface area contributed by atoms with Crippen LogP contribution in [0.5, 0.6) is 11.5 Å². The summed E-state index contributed by atoms with van der Waals surface area (Å²) in [6.45, 7) is 4.55. The van der Waals surface area contributed by atoms with Crippen molar-refractivity contribution >= 4 is 11.8 Å². The molecule has 2 aromatic carbocycles. The predicted octanol–water partition coefficient (Wildman–Crippen LogP) is 2.86. The van der Waals surface area contributed by atoms with E-state index in [-0.39, 0.29) is 18.6 Å². The van der Waals surface area contributed by atoms with Gasteiger partial charge in [0.25, 0.3) is 0 Å². The number of benzene rings is 2. The second kappa shape index (κ2) is 8.58. The number of amides is 2. The minimum Gasteiger partial charge on any atom is -0.454 e. The fourth-order valence-electron chi connectivity index (χ4n) is 2.95. The van der Waals surface area contributed by atoms with Crippen molar-refractivity contribution < 1.29 is 19.1 Å². The molecule has 3 rings (SSSR count). The van der Waals surface area contributed by atoms with Gasteiger partial charge in [-0.2, -0.15) is 0 Å². The number of fused-ring (bicyclic) bond motifs is 1. The summed E-state index contributed by atoms with van der Waals surface area (Å²) in [5, 5.41) is 2.91. The van der Waals surface area contributed by atoms with E-state index in [4.69, 9.17) is 9.47 Å².